The van der Waals surface area contributed by atoms with Crippen molar-refractivity contribution in [1.82, 2.24) is 0 Å². The van der Waals surface area contributed by atoms with Crippen molar-refractivity contribution in [2.24, 2.45) is 5.92 Å². The van der Waals surface area contributed by atoms with Crippen molar-refractivity contribution in [2.75, 3.05) is 6.61 Å². The zero-order chi connectivity index (χ0) is 18.0. The van der Waals surface area contributed by atoms with E-state index >= 15 is 0 Å². The van der Waals surface area contributed by atoms with Gasteiger partial charge < -0.3 is 25.2 Å². The summed E-state index contributed by atoms with van der Waals surface area (Å²) in [4.78, 5) is 0. The highest BCUT2D eigenvalue weighted by Gasteiger charge is 2.44. The second-order valence-electron chi connectivity index (χ2n) is 7.31. The van der Waals surface area contributed by atoms with Crippen LogP contribution in [0.4, 0.5) is 4.39 Å². The summed E-state index contributed by atoms with van der Waals surface area (Å²) < 4.78 is 19.8. The maximum Gasteiger partial charge on any atom is 0.126 e. The monoisotopic (exact) mass is 354 g/mol. The summed E-state index contributed by atoms with van der Waals surface area (Å²) in [5.41, 5.74) is 1.13. The summed E-state index contributed by atoms with van der Waals surface area (Å²) in [7, 11) is 0. The zero-order valence-electron chi connectivity index (χ0n) is 14.2. The van der Waals surface area contributed by atoms with Crippen molar-refractivity contribution in [1.29, 1.82) is 0 Å². The molecule has 0 bridgehead atoms. The predicted molar refractivity (Wildman–Crippen MR) is 89.4 cm³/mol. The Labute approximate surface area is 147 Å². The molecule has 0 radical (unpaired) electrons. The van der Waals surface area contributed by atoms with Crippen LogP contribution in [0.2, 0.25) is 0 Å². The van der Waals surface area contributed by atoms with E-state index in [9.17, 15) is 24.8 Å². The molecule has 1 aliphatic carbocycles. The molecule has 6 heteroatoms. The van der Waals surface area contributed by atoms with Crippen molar-refractivity contribution >= 4 is 0 Å². The van der Waals surface area contributed by atoms with Crippen LogP contribution in [0.5, 0.6) is 0 Å². The normalized spacial score (nSPS) is 34.2. The second-order valence-corrected chi connectivity index (χ2v) is 7.31. The lowest BCUT2D eigenvalue weighted by Gasteiger charge is -2.40. The fourth-order valence-corrected chi connectivity index (χ4v) is 4.01. The third kappa shape index (κ3) is 4.04. The van der Waals surface area contributed by atoms with Gasteiger partial charge in [0.25, 0.3) is 0 Å². The van der Waals surface area contributed by atoms with Gasteiger partial charge in [0.2, 0.25) is 0 Å². The number of hydrogen-bond acceptors (Lipinski definition) is 5. The molecule has 1 aromatic rings. The third-order valence-corrected chi connectivity index (χ3v) is 5.52. The molecule has 1 saturated carbocycles. The molecule has 5 unspecified atom stereocenters. The first-order valence-electron chi connectivity index (χ1n) is 9.10. The molecule has 2 fully saturated rings. The minimum Gasteiger partial charge on any atom is -0.394 e. The first kappa shape index (κ1) is 18.7. The van der Waals surface area contributed by atoms with Crippen LogP contribution >= 0.6 is 0 Å². The Morgan fingerprint density at radius 1 is 1.00 bits per heavy atom. The van der Waals surface area contributed by atoms with Gasteiger partial charge in [-0.2, -0.15) is 0 Å². The molecular weight excluding hydrogens is 327 g/mol. The minimum atomic E-state index is -1.43. The van der Waals surface area contributed by atoms with Crippen molar-refractivity contribution in [3.05, 3.63) is 35.1 Å². The molecule has 2 aliphatic rings. The van der Waals surface area contributed by atoms with E-state index in [0.29, 0.717) is 23.5 Å². The highest BCUT2D eigenvalue weighted by molar-refractivity contribution is 5.29. The van der Waals surface area contributed by atoms with E-state index in [1.165, 1.54) is 31.4 Å². The fourth-order valence-electron chi connectivity index (χ4n) is 4.01. The number of aliphatic hydroxyl groups excluding tert-OH is 4. The highest BCUT2D eigenvalue weighted by atomic mass is 19.1. The number of ether oxygens (including phenoxy) is 1. The summed E-state index contributed by atoms with van der Waals surface area (Å²) in [5, 5.41) is 39.4. The fraction of sp³-hybridized carbons (Fsp3) is 0.684. The minimum absolute atomic E-state index is 0.279. The van der Waals surface area contributed by atoms with Gasteiger partial charge in [-0.05, 0) is 29.5 Å². The first-order valence-corrected chi connectivity index (χ1v) is 9.10. The Kier molecular flexibility index (Phi) is 6.07. The van der Waals surface area contributed by atoms with Gasteiger partial charge in [0.1, 0.15) is 36.3 Å². The quantitative estimate of drug-likeness (QED) is 0.657. The molecule has 0 spiro atoms. The lowest BCUT2D eigenvalue weighted by atomic mass is 9.84. The van der Waals surface area contributed by atoms with E-state index in [2.05, 4.69) is 0 Å². The topological polar surface area (TPSA) is 90.2 Å². The molecule has 5 atom stereocenters. The Hall–Kier alpha value is -1.05. The molecule has 1 aliphatic heterocycles. The molecular formula is C19H27FO5. The van der Waals surface area contributed by atoms with E-state index in [0.717, 1.165) is 12.8 Å². The average Bonchev–Trinajstić information content (AvgIpc) is 2.63. The molecule has 0 amide bonds. The van der Waals surface area contributed by atoms with Crippen LogP contribution in [0.25, 0.3) is 0 Å². The lowest BCUT2D eigenvalue weighted by Crippen LogP contribution is -2.55. The van der Waals surface area contributed by atoms with Crippen LogP contribution in [-0.2, 0) is 11.2 Å². The van der Waals surface area contributed by atoms with Gasteiger partial charge in [0.15, 0.2) is 0 Å². The van der Waals surface area contributed by atoms with Crippen molar-refractivity contribution in [3.8, 4) is 0 Å². The van der Waals surface area contributed by atoms with E-state index in [1.54, 1.807) is 6.07 Å². The van der Waals surface area contributed by atoms with Gasteiger partial charge in [-0.3, -0.25) is 0 Å². The van der Waals surface area contributed by atoms with Gasteiger partial charge in [0.05, 0.1) is 6.61 Å². The average molecular weight is 354 g/mol. The Morgan fingerprint density at radius 3 is 2.40 bits per heavy atom. The first-order chi connectivity index (χ1) is 12.0. The SMILES string of the molecule is OCC1OC(c2ccc(F)c(CC3CCCCC3)c2)C(O)C(O)C1O. The number of aliphatic hydroxyl groups is 4. The van der Waals surface area contributed by atoms with Crippen LogP contribution in [0.15, 0.2) is 18.2 Å². The molecule has 1 heterocycles. The van der Waals surface area contributed by atoms with Crippen molar-refractivity contribution < 1.29 is 29.6 Å². The maximum atomic E-state index is 14.2. The summed E-state index contributed by atoms with van der Waals surface area (Å²) in [6.45, 7) is -0.475. The smallest absolute Gasteiger partial charge is 0.126 e. The van der Waals surface area contributed by atoms with E-state index in [-0.39, 0.29) is 5.82 Å². The van der Waals surface area contributed by atoms with Gasteiger partial charge in [0, 0.05) is 0 Å². The van der Waals surface area contributed by atoms with Gasteiger partial charge in [-0.25, -0.2) is 4.39 Å². The molecule has 3 rings (SSSR count). The van der Waals surface area contributed by atoms with Gasteiger partial charge in [-0.15, -0.1) is 0 Å². The summed E-state index contributed by atoms with van der Waals surface area (Å²) in [6, 6.07) is 4.55. The Morgan fingerprint density at radius 2 is 1.72 bits per heavy atom. The molecule has 4 N–H and O–H groups in total. The maximum absolute atomic E-state index is 14.2. The lowest BCUT2D eigenvalue weighted by molar-refractivity contribution is -0.231. The van der Waals surface area contributed by atoms with E-state index in [4.69, 9.17) is 4.74 Å². The standard InChI is InChI=1S/C19H27FO5/c20-14-7-6-12(9-13(14)8-11-4-2-1-3-5-11)19-18(24)17(23)16(22)15(10-21)25-19/h6-7,9,11,15-19,21-24H,1-5,8,10H2. The molecule has 0 aromatic heterocycles. The van der Waals surface area contributed by atoms with Crippen LogP contribution in [0, 0.1) is 11.7 Å². The number of benzene rings is 1. The van der Waals surface area contributed by atoms with Crippen LogP contribution in [0.1, 0.15) is 49.3 Å². The molecule has 1 saturated heterocycles. The summed E-state index contributed by atoms with van der Waals surface area (Å²) in [5.74, 6) is 0.187. The largest absolute Gasteiger partial charge is 0.394 e. The second kappa shape index (κ2) is 8.10. The number of halogens is 1. The zero-order valence-corrected chi connectivity index (χ0v) is 14.2. The highest BCUT2D eigenvalue weighted by Crippen LogP contribution is 2.34. The Balaban J connectivity index is 1.80. The number of hydrogen-bond donors (Lipinski definition) is 4. The van der Waals surface area contributed by atoms with Crippen LogP contribution < -0.4 is 0 Å². The molecule has 5 nitrogen and oxygen atoms in total. The Bertz CT molecular complexity index is 573. The van der Waals surface area contributed by atoms with Gasteiger partial charge >= 0.3 is 0 Å². The summed E-state index contributed by atoms with van der Waals surface area (Å²) in [6.07, 6.45) is 0.412. The van der Waals surface area contributed by atoms with Gasteiger partial charge in [-0.1, -0.05) is 44.2 Å². The molecule has 25 heavy (non-hydrogen) atoms. The summed E-state index contributed by atoms with van der Waals surface area (Å²) >= 11 is 0. The van der Waals surface area contributed by atoms with E-state index in [1.807, 2.05) is 0 Å². The predicted octanol–water partition coefficient (Wildman–Crippen LogP) is 1.46. The molecule has 1 aromatic carbocycles. The third-order valence-electron chi connectivity index (χ3n) is 5.52. The van der Waals surface area contributed by atoms with Crippen molar-refractivity contribution in [2.45, 2.75) is 69.0 Å². The van der Waals surface area contributed by atoms with E-state index < -0.39 is 37.1 Å². The molecule has 140 valence electrons. The van der Waals surface area contributed by atoms with Crippen molar-refractivity contribution in [3.63, 3.8) is 0 Å². The van der Waals surface area contributed by atoms with Crippen LogP contribution in [-0.4, -0.2) is 51.4 Å². The van der Waals surface area contributed by atoms with Crippen LogP contribution in [0.3, 0.4) is 0 Å². The number of rotatable bonds is 4.